The largest absolute Gasteiger partial charge is 0.492 e. The van der Waals surface area contributed by atoms with E-state index in [1.165, 1.54) is 12.1 Å². The molecule has 0 amide bonds. The van der Waals surface area contributed by atoms with Crippen molar-refractivity contribution in [3.8, 4) is 5.75 Å². The number of hydrogen-bond donors (Lipinski definition) is 4. The number of nitrogens with zero attached hydrogens (tertiary/aromatic N) is 4. The smallest absolute Gasteiger partial charge is 0.335 e. The zero-order chi connectivity index (χ0) is 30.0. The van der Waals surface area contributed by atoms with Crippen molar-refractivity contribution in [2.45, 2.75) is 49.3 Å². The third-order valence-electron chi connectivity index (χ3n) is 6.29. The summed E-state index contributed by atoms with van der Waals surface area (Å²) < 4.78 is 42.6. The van der Waals surface area contributed by atoms with E-state index in [9.17, 15) is 22.4 Å². The van der Waals surface area contributed by atoms with Crippen molar-refractivity contribution in [3.63, 3.8) is 0 Å². The Morgan fingerprint density at radius 2 is 1.68 bits per heavy atom. The van der Waals surface area contributed by atoms with E-state index in [0.717, 1.165) is 56.2 Å². The predicted molar refractivity (Wildman–Crippen MR) is 142 cm³/mol. The number of carboxylic acid groups (broad SMARTS) is 2. The molecule has 0 unspecified atom stereocenters. The molecule has 222 valence electrons. The summed E-state index contributed by atoms with van der Waals surface area (Å²) >= 11 is 0. The second-order valence-electron chi connectivity index (χ2n) is 9.22. The van der Waals surface area contributed by atoms with Crippen LogP contribution in [0.3, 0.4) is 0 Å². The number of benzene rings is 1. The van der Waals surface area contributed by atoms with Crippen molar-refractivity contribution in [1.29, 1.82) is 0 Å². The fraction of sp³-hybridized carbons (Fsp3) is 0.520. The van der Waals surface area contributed by atoms with Gasteiger partial charge in [0.1, 0.15) is 23.1 Å². The van der Waals surface area contributed by atoms with E-state index in [2.05, 4.69) is 33.7 Å². The van der Waals surface area contributed by atoms with E-state index in [1.54, 1.807) is 0 Å². The number of rotatable bonds is 11. The number of aliphatic hydroxyl groups excluding tert-OH is 2. The third kappa shape index (κ3) is 9.66. The van der Waals surface area contributed by atoms with Crippen molar-refractivity contribution < 1.29 is 47.6 Å². The lowest BCUT2D eigenvalue weighted by atomic mass is 10.0. The van der Waals surface area contributed by atoms with Gasteiger partial charge >= 0.3 is 11.9 Å². The lowest BCUT2D eigenvalue weighted by molar-refractivity contribution is -0.165. The maximum absolute atomic E-state index is 14.0. The molecule has 1 fully saturated rings. The molecule has 13 nitrogen and oxygen atoms in total. The van der Waals surface area contributed by atoms with Gasteiger partial charge in [0, 0.05) is 50.4 Å². The molecule has 15 heteroatoms. The summed E-state index contributed by atoms with van der Waals surface area (Å²) in [5.41, 5.74) is 1.14. The topological polar surface area (TPSA) is 191 Å². The van der Waals surface area contributed by atoms with Gasteiger partial charge in [-0.1, -0.05) is 6.92 Å². The van der Waals surface area contributed by atoms with E-state index < -0.39 is 39.8 Å². The molecule has 0 spiro atoms. The molecule has 40 heavy (non-hydrogen) atoms. The summed E-state index contributed by atoms with van der Waals surface area (Å²) in [6.07, 6.45) is 3.18. The number of ether oxygens (including phenoxy) is 1. The zero-order valence-corrected chi connectivity index (χ0v) is 23.3. The fourth-order valence-corrected chi connectivity index (χ4v) is 4.56. The maximum atomic E-state index is 14.0. The minimum atomic E-state index is -3.58. The molecule has 2 atom stereocenters. The first-order valence-electron chi connectivity index (χ1n) is 12.4. The number of aryl methyl sites for hydroxylation is 1. The van der Waals surface area contributed by atoms with Crippen LogP contribution in [0.1, 0.15) is 25.3 Å². The summed E-state index contributed by atoms with van der Waals surface area (Å²) in [6, 6.07) is 4.29. The maximum Gasteiger partial charge on any atom is 0.335 e. The van der Waals surface area contributed by atoms with Crippen LogP contribution in [0.25, 0.3) is 0 Å². The van der Waals surface area contributed by atoms with Crippen molar-refractivity contribution in [3.05, 3.63) is 42.0 Å². The second kappa shape index (κ2) is 14.8. The summed E-state index contributed by atoms with van der Waals surface area (Å²) in [7, 11) is -1.52. The standard InChI is InChI=1S/C21H29FN4O3S.C4H6O6/c1-4-16-14-23-21(24-15-16)26-9-7-17(8-10-26)25(2)11-12-29-18-5-6-20(19(22)13-18)30(3,27)28;5-1(3(7)8)2(6)4(9)10/h5-6,13-15,17H,4,7-12H2,1-3H3;1-2,5-6H,(H,7,8)(H,9,10)/t;1-,2-/m.0/s1. The Labute approximate surface area is 231 Å². The first-order chi connectivity index (χ1) is 18.7. The number of likely N-dealkylation sites (N-methyl/N-ethyl adjacent to an activating group) is 1. The van der Waals surface area contributed by atoms with E-state index >= 15 is 0 Å². The Hall–Kier alpha value is -3.40. The predicted octanol–water partition coefficient (Wildman–Crippen LogP) is 0.439. The molecular formula is C25H35FN4O9S. The van der Waals surface area contributed by atoms with Crippen LogP contribution >= 0.6 is 0 Å². The number of aliphatic carboxylic acids is 2. The molecule has 4 N–H and O–H groups in total. The number of piperidine rings is 1. The average molecular weight is 587 g/mol. The molecule has 3 rings (SSSR count). The van der Waals surface area contributed by atoms with Crippen molar-refractivity contribution in [2.75, 3.05) is 44.4 Å². The highest BCUT2D eigenvalue weighted by Gasteiger charge is 2.29. The molecule has 2 aromatic rings. The summed E-state index contributed by atoms with van der Waals surface area (Å²) in [4.78, 5) is 32.6. The molecule has 1 saturated heterocycles. The van der Waals surface area contributed by atoms with Gasteiger partial charge in [0.2, 0.25) is 5.95 Å². The van der Waals surface area contributed by atoms with Crippen molar-refractivity contribution in [2.24, 2.45) is 0 Å². The van der Waals surface area contributed by atoms with Gasteiger partial charge in [0.05, 0.1) is 0 Å². The highest BCUT2D eigenvalue weighted by atomic mass is 32.2. The van der Waals surface area contributed by atoms with Crippen LogP contribution in [0, 0.1) is 5.82 Å². The van der Waals surface area contributed by atoms with Crippen LogP contribution < -0.4 is 9.64 Å². The molecule has 1 aliphatic heterocycles. The lowest BCUT2D eigenvalue weighted by Gasteiger charge is -2.36. The van der Waals surface area contributed by atoms with Crippen LogP contribution in [0.5, 0.6) is 5.75 Å². The third-order valence-corrected chi connectivity index (χ3v) is 7.42. The SMILES string of the molecule is CCc1cnc(N2CCC(N(C)CCOc3ccc(S(C)(=O)=O)c(F)c3)CC2)nc1.O=C(O)[C@@H](O)[C@H](O)C(=O)O. The van der Waals surface area contributed by atoms with Gasteiger partial charge in [-0.05, 0) is 44.0 Å². The van der Waals surface area contributed by atoms with Gasteiger partial charge in [-0.25, -0.2) is 32.4 Å². The molecule has 0 bridgehead atoms. The summed E-state index contributed by atoms with van der Waals surface area (Å²) in [5.74, 6) is -3.21. The van der Waals surface area contributed by atoms with E-state index in [4.69, 9.17) is 25.2 Å². The Kier molecular flexibility index (Phi) is 12.2. The zero-order valence-electron chi connectivity index (χ0n) is 22.5. The number of carboxylic acids is 2. The van der Waals surface area contributed by atoms with Gasteiger partial charge in [0.25, 0.3) is 0 Å². The lowest BCUT2D eigenvalue weighted by Crippen LogP contribution is -2.45. The van der Waals surface area contributed by atoms with E-state index in [0.29, 0.717) is 24.9 Å². The van der Waals surface area contributed by atoms with Crippen LogP contribution in [0.2, 0.25) is 0 Å². The van der Waals surface area contributed by atoms with Crippen LogP contribution in [-0.4, -0.2) is 113 Å². The monoisotopic (exact) mass is 586 g/mol. The Morgan fingerprint density at radius 1 is 1.12 bits per heavy atom. The quantitative estimate of drug-likeness (QED) is 0.284. The molecule has 1 aromatic heterocycles. The van der Waals surface area contributed by atoms with Crippen LogP contribution in [-0.2, 0) is 25.8 Å². The Morgan fingerprint density at radius 3 is 2.12 bits per heavy atom. The molecule has 0 saturated carbocycles. The van der Waals surface area contributed by atoms with Crippen LogP contribution in [0.15, 0.2) is 35.5 Å². The first kappa shape index (κ1) is 32.8. The normalized spacial score (nSPS) is 15.6. The van der Waals surface area contributed by atoms with Gasteiger partial charge in [-0.2, -0.15) is 0 Å². The molecule has 1 aliphatic rings. The Bertz CT molecular complexity index is 1220. The number of anilines is 1. The number of carbonyl (C=O) groups is 2. The van der Waals surface area contributed by atoms with Gasteiger partial charge in [-0.15, -0.1) is 0 Å². The van der Waals surface area contributed by atoms with Crippen LogP contribution in [0.4, 0.5) is 10.3 Å². The van der Waals surface area contributed by atoms with Gasteiger partial charge < -0.3 is 30.1 Å². The summed E-state index contributed by atoms with van der Waals surface area (Å²) in [6.45, 7) is 4.99. The van der Waals surface area contributed by atoms with Crippen molar-refractivity contribution in [1.82, 2.24) is 14.9 Å². The van der Waals surface area contributed by atoms with Gasteiger partial charge in [-0.3, -0.25) is 4.90 Å². The molecule has 0 radical (unpaired) electrons. The molecule has 0 aliphatic carbocycles. The minimum absolute atomic E-state index is 0.313. The van der Waals surface area contributed by atoms with E-state index in [1.807, 2.05) is 12.4 Å². The molecule has 2 heterocycles. The number of halogens is 1. The summed E-state index contributed by atoms with van der Waals surface area (Å²) in [5, 5.41) is 32.5. The highest BCUT2D eigenvalue weighted by molar-refractivity contribution is 7.90. The average Bonchev–Trinajstić information content (AvgIpc) is 2.92. The van der Waals surface area contributed by atoms with Crippen molar-refractivity contribution >= 4 is 27.7 Å². The Balaban J connectivity index is 0.000000478. The molecule has 1 aromatic carbocycles. The number of aliphatic hydroxyl groups is 2. The number of aromatic nitrogens is 2. The first-order valence-corrected chi connectivity index (χ1v) is 14.3. The van der Waals surface area contributed by atoms with E-state index in [-0.39, 0.29) is 4.90 Å². The van der Waals surface area contributed by atoms with Gasteiger partial charge in [0.15, 0.2) is 22.0 Å². The highest BCUT2D eigenvalue weighted by Crippen LogP contribution is 2.22. The minimum Gasteiger partial charge on any atom is -0.492 e. The molecular weight excluding hydrogens is 551 g/mol. The number of sulfone groups is 1. The second-order valence-corrected chi connectivity index (χ2v) is 11.2. The fourth-order valence-electron chi connectivity index (χ4n) is 3.83. The number of hydrogen-bond acceptors (Lipinski definition) is 11.